The van der Waals surface area contributed by atoms with Crippen LogP contribution in [-0.2, 0) is 16.7 Å². The van der Waals surface area contributed by atoms with E-state index in [-0.39, 0.29) is 34.9 Å². The molecular formula is C35H45N6O4S-. The molecule has 246 valence electrons. The second-order valence-corrected chi connectivity index (χ2v) is 14.8. The second kappa shape index (κ2) is 13.4. The van der Waals surface area contributed by atoms with Gasteiger partial charge in [0.15, 0.2) is 5.65 Å². The number of nitrogens with one attached hydrogen (secondary N) is 3. The van der Waals surface area contributed by atoms with Gasteiger partial charge in [-0.15, -0.1) is 10.2 Å². The molecule has 46 heavy (non-hydrogen) atoms. The van der Waals surface area contributed by atoms with Gasteiger partial charge in [-0.25, -0.2) is 4.79 Å². The van der Waals surface area contributed by atoms with Crippen LogP contribution in [0.25, 0.3) is 5.65 Å². The lowest BCUT2D eigenvalue weighted by atomic mass is 9.81. The lowest BCUT2D eigenvalue weighted by molar-refractivity contribution is 0.171. The molecule has 0 radical (unpaired) electrons. The summed E-state index contributed by atoms with van der Waals surface area (Å²) < 4.78 is 33.6. The Morgan fingerprint density at radius 3 is 2.46 bits per heavy atom. The van der Waals surface area contributed by atoms with E-state index in [2.05, 4.69) is 59.3 Å². The van der Waals surface area contributed by atoms with Gasteiger partial charge in [0.2, 0.25) is 0 Å². The maximum absolute atomic E-state index is 13.2. The van der Waals surface area contributed by atoms with Crippen LogP contribution in [-0.4, -0.2) is 29.4 Å². The van der Waals surface area contributed by atoms with Crippen LogP contribution >= 0.6 is 0 Å². The minimum atomic E-state index is -2.48. The SMILES string of the molecule is CCC(C)(C)C[C@H](C)c1nnc2ccc(O[C@@H]3CC[C@H](NC(=O)Nc4cc(NS(=O)[O-])cc(C(C)(C)C)c4)c4ccccc43)cn12. The molecule has 3 N–H and O–H groups in total. The van der Waals surface area contributed by atoms with Crippen LogP contribution in [0.4, 0.5) is 16.2 Å². The first-order valence-electron chi connectivity index (χ1n) is 15.9. The lowest BCUT2D eigenvalue weighted by Gasteiger charge is -2.32. The first-order chi connectivity index (χ1) is 21.7. The predicted molar refractivity (Wildman–Crippen MR) is 182 cm³/mol. The van der Waals surface area contributed by atoms with Crippen molar-refractivity contribution in [2.45, 2.75) is 97.6 Å². The van der Waals surface area contributed by atoms with Gasteiger partial charge in [-0.2, -0.15) is 0 Å². The topological polar surface area (TPSA) is 133 Å². The Balaban J connectivity index is 1.31. The first kappa shape index (κ1) is 33.4. The number of rotatable bonds is 10. The van der Waals surface area contributed by atoms with Gasteiger partial charge in [-0.1, -0.05) is 79.2 Å². The quantitative estimate of drug-likeness (QED) is 0.150. The van der Waals surface area contributed by atoms with Crippen LogP contribution in [0.15, 0.2) is 60.8 Å². The van der Waals surface area contributed by atoms with Gasteiger partial charge in [0, 0.05) is 28.6 Å². The summed E-state index contributed by atoms with van der Waals surface area (Å²) in [4.78, 5) is 13.2. The van der Waals surface area contributed by atoms with Gasteiger partial charge >= 0.3 is 6.03 Å². The number of carbonyl (C=O) groups is 1. The molecule has 4 aromatic rings. The highest BCUT2D eigenvalue weighted by molar-refractivity contribution is 7.80. The number of aromatic nitrogens is 3. The molecule has 5 rings (SSSR count). The fourth-order valence-corrected chi connectivity index (χ4v) is 6.47. The molecule has 0 saturated carbocycles. The van der Waals surface area contributed by atoms with Crippen molar-refractivity contribution in [2.24, 2.45) is 5.41 Å². The zero-order valence-corrected chi connectivity index (χ0v) is 28.5. The average Bonchev–Trinajstić information content (AvgIpc) is 3.41. The van der Waals surface area contributed by atoms with Crippen LogP contribution in [0, 0.1) is 5.41 Å². The number of ether oxygens (including phenoxy) is 1. The summed E-state index contributed by atoms with van der Waals surface area (Å²) in [5, 5.41) is 14.9. The molecule has 0 fully saturated rings. The minimum absolute atomic E-state index is 0.184. The van der Waals surface area contributed by atoms with Crippen molar-refractivity contribution in [3.05, 3.63) is 83.3 Å². The third-order valence-electron chi connectivity index (χ3n) is 8.94. The van der Waals surface area contributed by atoms with Crippen molar-refractivity contribution in [1.82, 2.24) is 19.9 Å². The predicted octanol–water partition coefficient (Wildman–Crippen LogP) is 7.94. The number of fused-ring (bicyclic) bond motifs is 2. The highest BCUT2D eigenvalue weighted by Gasteiger charge is 2.30. The van der Waals surface area contributed by atoms with E-state index in [0.717, 1.165) is 46.8 Å². The highest BCUT2D eigenvalue weighted by Crippen LogP contribution is 2.39. The largest absolute Gasteiger partial charge is 0.755 e. The Labute approximate surface area is 274 Å². The maximum atomic E-state index is 13.2. The van der Waals surface area contributed by atoms with E-state index in [1.54, 1.807) is 12.1 Å². The van der Waals surface area contributed by atoms with E-state index in [0.29, 0.717) is 24.2 Å². The average molecular weight is 646 g/mol. The normalized spacial score (nSPS) is 18.0. The van der Waals surface area contributed by atoms with Gasteiger partial charge in [0.1, 0.15) is 17.7 Å². The van der Waals surface area contributed by atoms with Crippen molar-refractivity contribution in [2.75, 3.05) is 10.0 Å². The monoisotopic (exact) mass is 645 g/mol. The Hall–Kier alpha value is -3.96. The van der Waals surface area contributed by atoms with Crippen molar-refractivity contribution >= 4 is 34.3 Å². The lowest BCUT2D eigenvalue weighted by Crippen LogP contribution is -2.35. The van der Waals surface area contributed by atoms with Gasteiger partial charge in [0.05, 0.1) is 12.2 Å². The Morgan fingerprint density at radius 1 is 1.04 bits per heavy atom. The molecule has 11 heteroatoms. The fourth-order valence-electron chi connectivity index (χ4n) is 6.16. The number of carbonyl (C=O) groups excluding carboxylic acids is 1. The van der Waals surface area contributed by atoms with Crippen LogP contribution in [0.5, 0.6) is 5.75 Å². The Bertz CT molecular complexity index is 1730. The summed E-state index contributed by atoms with van der Waals surface area (Å²) in [7, 11) is 0. The van der Waals surface area contributed by atoms with Crippen LogP contribution in [0.1, 0.15) is 115 Å². The fraction of sp³-hybridized carbons (Fsp3) is 0.457. The third-order valence-corrected chi connectivity index (χ3v) is 9.34. The van der Waals surface area contributed by atoms with E-state index in [1.165, 1.54) is 0 Å². The molecule has 0 saturated heterocycles. The smallest absolute Gasteiger partial charge is 0.319 e. The van der Waals surface area contributed by atoms with Crippen molar-refractivity contribution < 1.29 is 18.3 Å². The molecule has 2 amide bonds. The molecule has 1 aliphatic rings. The van der Waals surface area contributed by atoms with Crippen LogP contribution in [0.2, 0.25) is 0 Å². The highest BCUT2D eigenvalue weighted by atomic mass is 32.2. The summed E-state index contributed by atoms with van der Waals surface area (Å²) in [5.41, 5.74) is 4.55. The number of anilines is 2. The van der Waals surface area contributed by atoms with E-state index >= 15 is 0 Å². The molecular weight excluding hydrogens is 600 g/mol. The van der Waals surface area contributed by atoms with E-state index in [4.69, 9.17) is 4.74 Å². The number of nitrogens with zero attached hydrogens (tertiary/aromatic N) is 3. The van der Waals surface area contributed by atoms with Gasteiger partial charge in [0.25, 0.3) is 0 Å². The molecule has 4 atom stereocenters. The number of urea groups is 1. The van der Waals surface area contributed by atoms with Gasteiger partial charge in [-0.05, 0) is 77.1 Å². The molecule has 10 nitrogen and oxygen atoms in total. The summed E-state index contributed by atoms with van der Waals surface area (Å²) >= 11 is -2.48. The zero-order chi connectivity index (χ0) is 33.2. The van der Waals surface area contributed by atoms with Crippen LogP contribution in [0.3, 0.4) is 0 Å². The molecule has 0 bridgehead atoms. The summed E-state index contributed by atoms with van der Waals surface area (Å²) in [6.45, 7) is 15.1. The Kier molecular flexibility index (Phi) is 9.74. The zero-order valence-electron chi connectivity index (χ0n) is 27.7. The summed E-state index contributed by atoms with van der Waals surface area (Å²) in [5.74, 6) is 1.91. The molecule has 2 aromatic carbocycles. The van der Waals surface area contributed by atoms with E-state index in [1.807, 2.05) is 67.8 Å². The molecule has 0 aliphatic heterocycles. The van der Waals surface area contributed by atoms with E-state index < -0.39 is 11.3 Å². The third kappa shape index (κ3) is 7.87. The first-order valence-corrected chi connectivity index (χ1v) is 17.0. The summed E-state index contributed by atoms with van der Waals surface area (Å²) in [6, 6.07) is 16.6. The van der Waals surface area contributed by atoms with Crippen LogP contribution < -0.4 is 20.1 Å². The van der Waals surface area contributed by atoms with Crippen molar-refractivity contribution in [1.29, 1.82) is 0 Å². The number of pyridine rings is 1. The van der Waals surface area contributed by atoms with Crippen molar-refractivity contribution in [3.8, 4) is 5.75 Å². The molecule has 2 heterocycles. The van der Waals surface area contributed by atoms with Gasteiger partial charge < -0.3 is 24.6 Å². The number of hydrogen-bond acceptors (Lipinski definition) is 6. The molecule has 1 aliphatic carbocycles. The number of benzene rings is 2. The number of hydrogen-bond donors (Lipinski definition) is 3. The second-order valence-electron chi connectivity index (χ2n) is 14.1. The van der Waals surface area contributed by atoms with E-state index in [9.17, 15) is 13.6 Å². The van der Waals surface area contributed by atoms with Gasteiger partial charge in [-0.3, -0.25) is 8.61 Å². The molecule has 1 unspecified atom stereocenters. The molecule has 0 spiro atoms. The minimum Gasteiger partial charge on any atom is -0.755 e. The standard InChI is InChI=1S/C35H46N6O4S/c1-8-35(6,7)20-22(2)32-39-38-31-16-13-26(21-41(31)32)45-30-15-14-29(27-11-9-10-12-28(27)30)37-33(42)36-24-17-23(34(3,4)5)18-25(19-24)40-46(43)44/h9-13,16-19,21-22,29-30,40H,8,14-15,20H2,1-7H3,(H,43,44)(H2,36,37,42)/p-1/t22-,29-,30+/m0/s1. The van der Waals surface area contributed by atoms with Crippen molar-refractivity contribution in [3.63, 3.8) is 0 Å². The number of amides is 2. The maximum Gasteiger partial charge on any atom is 0.319 e. The summed E-state index contributed by atoms with van der Waals surface area (Å²) in [6.07, 6.45) is 5.29. The Morgan fingerprint density at radius 2 is 1.76 bits per heavy atom. The molecule has 2 aromatic heterocycles.